The Kier molecular flexibility index (Phi) is 6.07. The summed E-state index contributed by atoms with van der Waals surface area (Å²) in [6.45, 7) is 4.98. The van der Waals surface area contributed by atoms with Gasteiger partial charge in [0.15, 0.2) is 0 Å². The van der Waals surface area contributed by atoms with E-state index < -0.39 is 11.5 Å². The first-order chi connectivity index (χ1) is 10.9. The lowest BCUT2D eigenvalue weighted by atomic mass is 9.90. The van der Waals surface area contributed by atoms with E-state index in [1.54, 1.807) is 0 Å². The third-order valence-electron chi connectivity index (χ3n) is 4.05. The van der Waals surface area contributed by atoms with Gasteiger partial charge in [-0.25, -0.2) is 4.79 Å². The summed E-state index contributed by atoms with van der Waals surface area (Å²) in [5.41, 5.74) is 0.0723. The summed E-state index contributed by atoms with van der Waals surface area (Å²) in [5.74, 6) is -0.564. The molecule has 1 aliphatic heterocycles. The molecule has 0 unspecified atom stereocenters. The molecule has 0 spiro atoms. The maximum absolute atomic E-state index is 12.1. The molecule has 1 saturated heterocycles. The lowest BCUT2D eigenvalue weighted by molar-refractivity contribution is -0.151. The van der Waals surface area contributed by atoms with Crippen LogP contribution in [0.5, 0.6) is 0 Å². The number of carbonyl (C=O) groups is 2. The monoisotopic (exact) mass is 337 g/mol. The SMILES string of the molecule is CC(C)c1ccc(SCC(=O)NC2(C(=O)O)CCOCC2)cc1. The Morgan fingerprint density at radius 1 is 1.26 bits per heavy atom. The lowest BCUT2D eigenvalue weighted by Gasteiger charge is -2.33. The molecule has 0 bridgehead atoms. The molecule has 1 amide bonds. The first-order valence-electron chi connectivity index (χ1n) is 7.78. The van der Waals surface area contributed by atoms with Gasteiger partial charge in [0.05, 0.1) is 5.75 Å². The molecule has 5 nitrogen and oxygen atoms in total. The van der Waals surface area contributed by atoms with Crippen LogP contribution >= 0.6 is 11.8 Å². The van der Waals surface area contributed by atoms with E-state index in [2.05, 4.69) is 31.3 Å². The van der Waals surface area contributed by atoms with E-state index in [9.17, 15) is 14.7 Å². The van der Waals surface area contributed by atoms with E-state index in [-0.39, 0.29) is 11.7 Å². The molecule has 1 fully saturated rings. The summed E-state index contributed by atoms with van der Waals surface area (Å²) in [5, 5.41) is 12.1. The largest absolute Gasteiger partial charge is 0.480 e. The number of nitrogens with one attached hydrogen (secondary N) is 1. The molecule has 1 aromatic carbocycles. The highest BCUT2D eigenvalue weighted by molar-refractivity contribution is 8.00. The van der Waals surface area contributed by atoms with E-state index in [1.807, 2.05) is 12.1 Å². The summed E-state index contributed by atoms with van der Waals surface area (Å²) in [4.78, 5) is 24.6. The van der Waals surface area contributed by atoms with Gasteiger partial charge < -0.3 is 15.2 Å². The number of hydrogen-bond acceptors (Lipinski definition) is 4. The van der Waals surface area contributed by atoms with Crippen molar-refractivity contribution < 1.29 is 19.4 Å². The van der Waals surface area contributed by atoms with Crippen LogP contribution in [-0.4, -0.2) is 41.5 Å². The van der Waals surface area contributed by atoms with Crippen molar-refractivity contribution in [2.24, 2.45) is 0 Å². The Bertz CT molecular complexity index is 550. The lowest BCUT2D eigenvalue weighted by Crippen LogP contribution is -2.57. The normalized spacial score (nSPS) is 17.0. The van der Waals surface area contributed by atoms with Crippen molar-refractivity contribution in [3.05, 3.63) is 29.8 Å². The van der Waals surface area contributed by atoms with Crippen molar-refractivity contribution in [3.63, 3.8) is 0 Å². The average molecular weight is 337 g/mol. The van der Waals surface area contributed by atoms with Gasteiger partial charge in [-0.3, -0.25) is 4.79 Å². The van der Waals surface area contributed by atoms with Gasteiger partial charge in [-0.15, -0.1) is 11.8 Å². The zero-order chi connectivity index (χ0) is 16.9. The predicted molar refractivity (Wildman–Crippen MR) is 89.8 cm³/mol. The average Bonchev–Trinajstić information content (AvgIpc) is 2.54. The number of ether oxygens (including phenoxy) is 1. The number of hydrogen-bond donors (Lipinski definition) is 2. The van der Waals surface area contributed by atoms with Crippen molar-refractivity contribution >= 4 is 23.6 Å². The topological polar surface area (TPSA) is 75.6 Å². The fourth-order valence-electron chi connectivity index (χ4n) is 2.51. The highest BCUT2D eigenvalue weighted by Crippen LogP contribution is 2.24. The Morgan fingerprint density at radius 3 is 2.39 bits per heavy atom. The van der Waals surface area contributed by atoms with Crippen molar-refractivity contribution in [2.75, 3.05) is 19.0 Å². The minimum absolute atomic E-state index is 0.205. The van der Waals surface area contributed by atoms with Gasteiger partial charge in [0.25, 0.3) is 0 Å². The van der Waals surface area contributed by atoms with E-state index in [4.69, 9.17) is 4.74 Å². The van der Waals surface area contributed by atoms with Crippen LogP contribution in [-0.2, 0) is 14.3 Å². The third kappa shape index (κ3) is 4.72. The van der Waals surface area contributed by atoms with Gasteiger partial charge in [-0.2, -0.15) is 0 Å². The van der Waals surface area contributed by atoms with Crippen molar-refractivity contribution in [3.8, 4) is 0 Å². The maximum Gasteiger partial charge on any atom is 0.329 e. The van der Waals surface area contributed by atoms with E-state index in [0.717, 1.165) is 4.90 Å². The number of thioether (sulfide) groups is 1. The quantitative estimate of drug-likeness (QED) is 0.781. The minimum Gasteiger partial charge on any atom is -0.480 e. The fourth-order valence-corrected chi connectivity index (χ4v) is 3.21. The van der Waals surface area contributed by atoms with Crippen LogP contribution in [0.15, 0.2) is 29.2 Å². The van der Waals surface area contributed by atoms with Gasteiger partial charge in [-0.1, -0.05) is 26.0 Å². The number of carbonyl (C=O) groups excluding carboxylic acids is 1. The minimum atomic E-state index is -1.18. The van der Waals surface area contributed by atoms with Crippen LogP contribution in [0.2, 0.25) is 0 Å². The van der Waals surface area contributed by atoms with Crippen LogP contribution in [0.1, 0.15) is 38.2 Å². The summed E-state index contributed by atoms with van der Waals surface area (Å²) < 4.78 is 5.20. The van der Waals surface area contributed by atoms with Crippen molar-refractivity contribution in [1.29, 1.82) is 0 Å². The molecule has 0 aliphatic carbocycles. The Morgan fingerprint density at radius 2 is 1.87 bits per heavy atom. The summed E-state index contributed by atoms with van der Waals surface area (Å²) in [6.07, 6.45) is 0.615. The smallest absolute Gasteiger partial charge is 0.329 e. The number of rotatable bonds is 6. The Balaban J connectivity index is 1.90. The molecular weight excluding hydrogens is 314 g/mol. The Hall–Kier alpha value is -1.53. The van der Waals surface area contributed by atoms with E-state index >= 15 is 0 Å². The molecule has 0 saturated carbocycles. The molecule has 1 aromatic rings. The van der Waals surface area contributed by atoms with Crippen LogP contribution in [0, 0.1) is 0 Å². The number of benzene rings is 1. The molecule has 0 atom stereocenters. The zero-order valence-electron chi connectivity index (χ0n) is 13.5. The molecule has 2 N–H and O–H groups in total. The second-order valence-electron chi connectivity index (χ2n) is 6.06. The van der Waals surface area contributed by atoms with Gasteiger partial charge >= 0.3 is 5.97 Å². The van der Waals surface area contributed by atoms with Crippen LogP contribution in [0.3, 0.4) is 0 Å². The van der Waals surface area contributed by atoms with Gasteiger partial charge in [0.2, 0.25) is 5.91 Å². The highest BCUT2D eigenvalue weighted by Gasteiger charge is 2.41. The number of aliphatic carboxylic acids is 1. The first-order valence-corrected chi connectivity index (χ1v) is 8.76. The van der Waals surface area contributed by atoms with Crippen molar-refractivity contribution in [2.45, 2.75) is 43.0 Å². The van der Waals surface area contributed by atoms with Gasteiger partial charge in [0, 0.05) is 31.0 Å². The van der Waals surface area contributed by atoms with Crippen LogP contribution in [0.25, 0.3) is 0 Å². The second kappa shape index (κ2) is 7.84. The fraction of sp³-hybridized carbons (Fsp3) is 0.529. The molecule has 2 rings (SSSR count). The van der Waals surface area contributed by atoms with Crippen LogP contribution < -0.4 is 5.32 Å². The Labute approximate surface area is 140 Å². The molecule has 1 aliphatic rings. The van der Waals surface area contributed by atoms with Gasteiger partial charge in [-0.05, 0) is 23.6 Å². The third-order valence-corrected chi connectivity index (χ3v) is 5.06. The second-order valence-corrected chi connectivity index (χ2v) is 7.11. The summed E-state index contributed by atoms with van der Waals surface area (Å²) in [6, 6.07) is 8.10. The standard InChI is InChI=1S/C17H23NO4S/c1-12(2)13-3-5-14(6-4-13)23-11-15(19)18-17(16(20)21)7-9-22-10-8-17/h3-6,12H,7-11H2,1-2H3,(H,18,19)(H,20,21). The predicted octanol–water partition coefficient (Wildman–Crippen LogP) is 2.65. The first kappa shape index (κ1) is 17.8. The van der Waals surface area contributed by atoms with E-state index in [0.29, 0.717) is 32.0 Å². The number of carboxylic acids is 1. The highest BCUT2D eigenvalue weighted by atomic mass is 32.2. The van der Waals surface area contributed by atoms with Crippen LogP contribution in [0.4, 0.5) is 0 Å². The molecule has 1 heterocycles. The number of amides is 1. The van der Waals surface area contributed by atoms with Gasteiger partial charge in [0.1, 0.15) is 5.54 Å². The summed E-state index contributed by atoms with van der Waals surface area (Å²) in [7, 11) is 0. The molecule has 0 radical (unpaired) electrons. The zero-order valence-corrected chi connectivity index (χ0v) is 14.3. The molecule has 6 heteroatoms. The molecule has 126 valence electrons. The van der Waals surface area contributed by atoms with Crippen molar-refractivity contribution in [1.82, 2.24) is 5.32 Å². The molecular formula is C17H23NO4S. The molecule has 23 heavy (non-hydrogen) atoms. The molecule has 0 aromatic heterocycles. The maximum atomic E-state index is 12.1. The van der Waals surface area contributed by atoms with E-state index in [1.165, 1.54) is 17.3 Å². The summed E-state index contributed by atoms with van der Waals surface area (Å²) >= 11 is 1.41. The number of carboxylic acid groups (broad SMARTS) is 1.